The Morgan fingerprint density at radius 2 is 1.51 bits per heavy atom. The lowest BCUT2D eigenvalue weighted by Gasteiger charge is -2.46. The third-order valence-electron chi connectivity index (χ3n) is 15.0. The van der Waals surface area contributed by atoms with E-state index in [0.717, 1.165) is 27.1 Å². The molecule has 17 heteroatoms. The highest BCUT2D eigenvalue weighted by Crippen LogP contribution is 2.66. The second-order valence-corrected chi connectivity index (χ2v) is 19.2. The number of hydrogen-bond acceptors (Lipinski definition) is 14. The van der Waals surface area contributed by atoms with Gasteiger partial charge in [-0.25, -0.2) is 14.4 Å². The van der Waals surface area contributed by atoms with Crippen LogP contribution in [-0.2, 0) is 47.1 Å². The minimum absolute atomic E-state index is 0.0346. The number of phenols is 1. The van der Waals surface area contributed by atoms with Gasteiger partial charge in [-0.15, -0.1) is 5.10 Å². The van der Waals surface area contributed by atoms with Crippen molar-refractivity contribution in [3.63, 3.8) is 0 Å². The van der Waals surface area contributed by atoms with Crippen LogP contribution >= 0.6 is 0 Å². The quantitative estimate of drug-likeness (QED) is 0.0869. The number of imide groups is 1. The van der Waals surface area contributed by atoms with Crippen molar-refractivity contribution < 1.29 is 48.0 Å². The molecule has 0 aliphatic carbocycles. The molecule has 6 heterocycles. The van der Waals surface area contributed by atoms with Gasteiger partial charge in [0.15, 0.2) is 11.5 Å². The molecule has 3 fully saturated rings. The van der Waals surface area contributed by atoms with E-state index in [0.29, 0.717) is 53.4 Å². The van der Waals surface area contributed by atoms with E-state index < -0.39 is 59.4 Å². The average molecular weight is 1010 g/mol. The SMILES string of the molecule is COCCOC(=O)N1C(=O)[C@@]2(c3cc(C#CCn4nnc5ccccc54)ccc31)[C@H](c1ccc(O)cc1)N1[C@H](c3ccccc3)[C@H](c3ccccc3)OC(=O)[C@H]1[C@@H]2C(=O)N1CCN(Cc2ccc3c(c2)OCO3)CC1. The number of anilines is 1. The van der Waals surface area contributed by atoms with Crippen molar-refractivity contribution >= 4 is 40.6 Å². The fraction of sp³-hybridized carbons (Fsp3) is 0.276. The normalized spacial score (nSPS) is 22.9. The van der Waals surface area contributed by atoms with Crippen LogP contribution in [0.15, 0.2) is 146 Å². The van der Waals surface area contributed by atoms with Gasteiger partial charge in [-0.3, -0.25) is 24.2 Å². The molecule has 0 saturated carbocycles. The Hall–Kier alpha value is -8.56. The number of nitrogens with zero attached hydrogens (tertiary/aromatic N) is 7. The molecular formula is C58H51N7O10. The molecule has 17 nitrogen and oxygen atoms in total. The van der Waals surface area contributed by atoms with Crippen molar-refractivity contribution in [3.05, 3.63) is 179 Å². The van der Waals surface area contributed by atoms with Crippen LogP contribution in [0.25, 0.3) is 11.0 Å². The number of esters is 1. The molecule has 3 amide bonds. The molecule has 7 aromatic rings. The Morgan fingerprint density at radius 1 is 0.773 bits per heavy atom. The standard InChI is InChI=1S/C58H51N7O10/c1-71-31-32-72-57(70)64-45-24-18-37(11-10-26-63-46-17-9-8-16-44(46)59-60-63)33-43(45)58(56(64)69)49(54(67)62-29-27-61(28-30-62)35-38-19-25-47-48(34-38)74-36-73-47)51-55(68)75-52(40-14-6-3-7-15-40)50(39-12-4-2-5-13-39)65(51)53(58)41-20-22-42(66)23-21-41/h2-9,12-25,33-34,49-53,66H,26-32,35-36H2,1H3/t49-,50-,51-,52+,53+,58-/m1/s1. The number of rotatable bonds is 10. The van der Waals surface area contributed by atoms with Crippen molar-refractivity contribution in [1.82, 2.24) is 29.7 Å². The number of hydrogen-bond donors (Lipinski definition) is 1. The molecule has 1 aromatic heterocycles. The van der Waals surface area contributed by atoms with E-state index in [1.165, 1.54) is 19.2 Å². The molecule has 6 atom stereocenters. The number of fused-ring (bicyclic) bond motifs is 5. The number of benzene rings is 6. The highest BCUT2D eigenvalue weighted by atomic mass is 16.7. The lowest BCUT2D eigenvalue weighted by Crippen LogP contribution is -2.59. The van der Waals surface area contributed by atoms with Gasteiger partial charge in [-0.05, 0) is 82.4 Å². The second kappa shape index (κ2) is 19.7. The van der Waals surface area contributed by atoms with E-state index in [2.05, 4.69) is 27.1 Å². The predicted molar refractivity (Wildman–Crippen MR) is 272 cm³/mol. The summed E-state index contributed by atoms with van der Waals surface area (Å²) in [6.45, 7) is 2.30. The Morgan fingerprint density at radius 3 is 2.28 bits per heavy atom. The largest absolute Gasteiger partial charge is 0.508 e. The van der Waals surface area contributed by atoms with E-state index in [-0.39, 0.29) is 51.1 Å². The molecular weight excluding hydrogens is 955 g/mol. The summed E-state index contributed by atoms with van der Waals surface area (Å²) in [4.78, 5) is 70.2. The van der Waals surface area contributed by atoms with Gasteiger partial charge < -0.3 is 33.7 Å². The minimum atomic E-state index is -2.03. The smallest absolute Gasteiger partial charge is 0.421 e. The summed E-state index contributed by atoms with van der Waals surface area (Å²) >= 11 is 0. The van der Waals surface area contributed by atoms with Gasteiger partial charge in [0.2, 0.25) is 18.6 Å². The molecule has 378 valence electrons. The van der Waals surface area contributed by atoms with Crippen molar-refractivity contribution in [2.75, 3.05) is 58.2 Å². The third kappa shape index (κ3) is 8.27. The molecule has 0 bridgehead atoms. The summed E-state index contributed by atoms with van der Waals surface area (Å²) in [7, 11) is 1.47. The minimum Gasteiger partial charge on any atom is -0.508 e. The Labute approximate surface area is 431 Å². The van der Waals surface area contributed by atoms with Crippen molar-refractivity contribution in [2.24, 2.45) is 5.92 Å². The zero-order valence-corrected chi connectivity index (χ0v) is 40.9. The zero-order chi connectivity index (χ0) is 51.2. The fourth-order valence-corrected chi connectivity index (χ4v) is 11.7. The Kier molecular flexibility index (Phi) is 12.5. The van der Waals surface area contributed by atoms with Gasteiger partial charge in [0.1, 0.15) is 42.0 Å². The van der Waals surface area contributed by atoms with Gasteiger partial charge >= 0.3 is 12.1 Å². The second-order valence-electron chi connectivity index (χ2n) is 19.2. The van der Waals surface area contributed by atoms with E-state index in [1.807, 2.05) is 108 Å². The van der Waals surface area contributed by atoms with Crippen molar-refractivity contribution in [3.8, 4) is 29.1 Å². The first-order valence-electron chi connectivity index (χ1n) is 24.9. The van der Waals surface area contributed by atoms with Crippen LogP contribution in [-0.4, -0.2) is 118 Å². The van der Waals surface area contributed by atoms with E-state index in [4.69, 9.17) is 23.7 Å². The molecule has 0 radical (unpaired) electrons. The molecule has 3 saturated heterocycles. The van der Waals surface area contributed by atoms with Crippen LogP contribution < -0.4 is 14.4 Å². The van der Waals surface area contributed by atoms with Gasteiger partial charge in [0.25, 0.3) is 0 Å². The van der Waals surface area contributed by atoms with Gasteiger partial charge in [-0.1, -0.05) is 108 Å². The summed E-state index contributed by atoms with van der Waals surface area (Å²) in [5.41, 5.74) is 3.42. The summed E-state index contributed by atoms with van der Waals surface area (Å²) in [5, 5.41) is 19.4. The van der Waals surface area contributed by atoms with Gasteiger partial charge in [0.05, 0.1) is 35.8 Å². The average Bonchev–Trinajstić information content (AvgIpc) is 4.25. The molecule has 0 unspecified atom stereocenters. The van der Waals surface area contributed by atoms with Gasteiger partial charge in [0, 0.05) is 45.4 Å². The number of cyclic esters (lactones) is 1. The summed E-state index contributed by atoms with van der Waals surface area (Å²) < 4.78 is 30.6. The first-order chi connectivity index (χ1) is 36.7. The van der Waals surface area contributed by atoms with E-state index in [9.17, 15) is 9.90 Å². The summed E-state index contributed by atoms with van der Waals surface area (Å²) in [6, 6.07) is 40.7. The van der Waals surface area contributed by atoms with Gasteiger partial charge in [-0.2, -0.15) is 0 Å². The summed E-state index contributed by atoms with van der Waals surface area (Å²) in [5.74, 6) is 4.42. The number of amides is 3. The number of methoxy groups -OCH3 is 1. The molecule has 1 spiro atoms. The van der Waals surface area contributed by atoms with Crippen LogP contribution in [0.1, 0.15) is 51.6 Å². The van der Waals surface area contributed by atoms with Crippen LogP contribution in [0.4, 0.5) is 10.5 Å². The number of morpholine rings is 1. The number of carbonyl (C=O) groups excluding carboxylic acids is 4. The number of piperazine rings is 1. The van der Waals surface area contributed by atoms with E-state index in [1.54, 1.807) is 39.9 Å². The number of carbonyl (C=O) groups is 4. The van der Waals surface area contributed by atoms with E-state index >= 15 is 14.4 Å². The first-order valence-corrected chi connectivity index (χ1v) is 24.9. The maximum atomic E-state index is 16.6. The summed E-state index contributed by atoms with van der Waals surface area (Å²) in [6.07, 6.45) is -1.90. The number of aromatic hydroxyl groups is 1. The Bertz CT molecular complexity index is 3390. The van der Waals surface area contributed by atoms with Crippen molar-refractivity contribution in [1.29, 1.82) is 0 Å². The molecule has 12 rings (SSSR count). The molecule has 75 heavy (non-hydrogen) atoms. The fourth-order valence-electron chi connectivity index (χ4n) is 11.7. The lowest BCUT2D eigenvalue weighted by molar-refractivity contribution is -0.179. The van der Waals surface area contributed by atoms with Crippen LogP contribution in [0.2, 0.25) is 0 Å². The topological polar surface area (TPSA) is 178 Å². The van der Waals surface area contributed by atoms with Crippen LogP contribution in [0.5, 0.6) is 17.2 Å². The molecule has 1 N–H and O–H groups in total. The maximum Gasteiger partial charge on any atom is 0.421 e. The number of aromatic nitrogens is 3. The van der Waals surface area contributed by atoms with Crippen LogP contribution in [0, 0.1) is 17.8 Å². The highest BCUT2D eigenvalue weighted by molar-refractivity contribution is 6.23. The number of ether oxygens (including phenoxy) is 5. The third-order valence-corrected chi connectivity index (χ3v) is 15.0. The molecule has 6 aromatic carbocycles. The predicted octanol–water partition coefficient (Wildman–Crippen LogP) is 6.71. The van der Waals surface area contributed by atoms with Crippen LogP contribution in [0.3, 0.4) is 0 Å². The lowest BCUT2D eigenvalue weighted by atomic mass is 9.65. The highest BCUT2D eigenvalue weighted by Gasteiger charge is 2.76. The number of para-hydroxylation sites is 1. The first kappa shape index (κ1) is 47.4. The Balaban J connectivity index is 1.04. The maximum absolute atomic E-state index is 16.6. The molecule has 5 aliphatic rings. The van der Waals surface area contributed by atoms with Crippen molar-refractivity contribution in [2.45, 2.75) is 42.7 Å². The molecule has 5 aliphatic heterocycles. The zero-order valence-electron chi connectivity index (χ0n) is 40.9. The number of phenolic OH excluding ortho intramolecular Hbond substituents is 1. The monoisotopic (exact) mass is 1010 g/mol.